The smallest absolute Gasteiger partial charge is 0.271 e. The Bertz CT molecular complexity index is 939. The van der Waals surface area contributed by atoms with Crippen molar-refractivity contribution in [2.24, 2.45) is 11.5 Å². The first kappa shape index (κ1) is 17.3. The Hall–Kier alpha value is -3.53. The topological polar surface area (TPSA) is 153 Å². The molecule has 3 aromatic heterocycles. The summed E-state index contributed by atoms with van der Waals surface area (Å²) in [6.07, 6.45) is 5.92. The zero-order chi connectivity index (χ0) is 18.5. The van der Waals surface area contributed by atoms with Crippen LogP contribution in [0.1, 0.15) is 16.9 Å². The number of amides is 1. The molecule has 1 unspecified atom stereocenters. The second-order valence-electron chi connectivity index (χ2n) is 5.49. The van der Waals surface area contributed by atoms with E-state index in [4.69, 9.17) is 11.5 Å². The number of hydrogen-bond acceptors (Lipinski definition) is 8. The van der Waals surface area contributed by atoms with E-state index in [1.165, 1.54) is 6.20 Å². The predicted molar refractivity (Wildman–Crippen MR) is 96.2 cm³/mol. The maximum Gasteiger partial charge on any atom is 0.271 e. The zero-order valence-corrected chi connectivity index (χ0v) is 13.8. The standard InChI is InChI=1S/C16H18N8O2/c17-5-4-10(9-25)21-13-8-19-14(15(18)26)16(23-13)22-11-7-20-24-6-2-1-3-12(11)24/h1-3,6-10H,4-5,17H2,(H2,18,26)(H2,21,22,23). The number of rotatable bonds is 8. The Morgan fingerprint density at radius 3 is 2.92 bits per heavy atom. The van der Waals surface area contributed by atoms with Crippen molar-refractivity contribution < 1.29 is 9.59 Å². The summed E-state index contributed by atoms with van der Waals surface area (Å²) in [4.78, 5) is 31.1. The fourth-order valence-electron chi connectivity index (χ4n) is 2.43. The van der Waals surface area contributed by atoms with Gasteiger partial charge in [0.15, 0.2) is 11.5 Å². The molecule has 0 aliphatic heterocycles. The summed E-state index contributed by atoms with van der Waals surface area (Å²) < 4.78 is 1.67. The van der Waals surface area contributed by atoms with Gasteiger partial charge in [-0.1, -0.05) is 6.07 Å². The van der Waals surface area contributed by atoms with E-state index < -0.39 is 11.9 Å². The number of nitrogens with two attached hydrogens (primary N) is 2. The van der Waals surface area contributed by atoms with Gasteiger partial charge < -0.3 is 26.9 Å². The van der Waals surface area contributed by atoms with Crippen molar-refractivity contribution in [2.45, 2.75) is 12.5 Å². The number of anilines is 3. The molecule has 3 heterocycles. The van der Waals surface area contributed by atoms with Crippen molar-refractivity contribution in [1.82, 2.24) is 19.6 Å². The fourth-order valence-corrected chi connectivity index (χ4v) is 2.43. The number of aldehydes is 1. The number of carbonyl (C=O) groups is 2. The fraction of sp³-hybridized carbons (Fsp3) is 0.188. The Labute approximate surface area is 148 Å². The van der Waals surface area contributed by atoms with Crippen molar-refractivity contribution >= 4 is 35.0 Å². The highest BCUT2D eigenvalue weighted by molar-refractivity contribution is 5.97. The predicted octanol–water partition coefficient (Wildman–Crippen LogP) is 0.295. The molecule has 0 fully saturated rings. The molecule has 26 heavy (non-hydrogen) atoms. The number of nitrogens with one attached hydrogen (secondary N) is 2. The van der Waals surface area contributed by atoms with E-state index in [1.807, 2.05) is 18.2 Å². The van der Waals surface area contributed by atoms with E-state index in [0.717, 1.165) is 11.8 Å². The van der Waals surface area contributed by atoms with Crippen molar-refractivity contribution in [3.8, 4) is 0 Å². The van der Waals surface area contributed by atoms with Crippen LogP contribution in [0.3, 0.4) is 0 Å². The molecule has 1 atom stereocenters. The Balaban J connectivity index is 1.94. The highest BCUT2D eigenvalue weighted by Gasteiger charge is 2.16. The molecule has 1 amide bonds. The summed E-state index contributed by atoms with van der Waals surface area (Å²) in [5, 5.41) is 10.2. The van der Waals surface area contributed by atoms with Gasteiger partial charge in [-0.15, -0.1) is 0 Å². The molecular formula is C16H18N8O2. The van der Waals surface area contributed by atoms with Gasteiger partial charge in [0.25, 0.3) is 5.91 Å². The summed E-state index contributed by atoms with van der Waals surface area (Å²) in [6, 6.07) is 5.07. The minimum Gasteiger partial charge on any atom is -0.364 e. The first-order chi connectivity index (χ1) is 12.6. The molecule has 0 spiro atoms. The summed E-state index contributed by atoms with van der Waals surface area (Å²) >= 11 is 0. The van der Waals surface area contributed by atoms with Crippen LogP contribution in [0.25, 0.3) is 5.52 Å². The van der Waals surface area contributed by atoms with Crippen molar-refractivity contribution in [1.29, 1.82) is 0 Å². The maximum absolute atomic E-state index is 11.7. The lowest BCUT2D eigenvalue weighted by Gasteiger charge is -2.14. The molecule has 0 saturated carbocycles. The lowest BCUT2D eigenvalue weighted by atomic mass is 10.2. The van der Waals surface area contributed by atoms with E-state index in [9.17, 15) is 9.59 Å². The van der Waals surface area contributed by atoms with Crippen LogP contribution in [0.4, 0.5) is 17.3 Å². The first-order valence-electron chi connectivity index (χ1n) is 7.90. The molecular weight excluding hydrogens is 336 g/mol. The number of nitrogens with zero attached hydrogens (tertiary/aromatic N) is 4. The number of pyridine rings is 1. The Kier molecular flexibility index (Phi) is 5.04. The van der Waals surface area contributed by atoms with Gasteiger partial charge in [-0.25, -0.2) is 14.5 Å². The van der Waals surface area contributed by atoms with Gasteiger partial charge >= 0.3 is 0 Å². The highest BCUT2D eigenvalue weighted by Crippen LogP contribution is 2.23. The lowest BCUT2D eigenvalue weighted by Crippen LogP contribution is -2.25. The van der Waals surface area contributed by atoms with Gasteiger partial charge in [0.2, 0.25) is 0 Å². The molecule has 3 aromatic rings. The van der Waals surface area contributed by atoms with Crippen LogP contribution >= 0.6 is 0 Å². The van der Waals surface area contributed by atoms with Gasteiger partial charge in [-0.3, -0.25) is 4.79 Å². The number of aromatic nitrogens is 4. The lowest BCUT2D eigenvalue weighted by molar-refractivity contribution is -0.108. The molecule has 3 rings (SSSR count). The van der Waals surface area contributed by atoms with Crippen LogP contribution < -0.4 is 22.1 Å². The summed E-state index contributed by atoms with van der Waals surface area (Å²) in [7, 11) is 0. The van der Waals surface area contributed by atoms with Crippen LogP contribution in [0.2, 0.25) is 0 Å². The van der Waals surface area contributed by atoms with Crippen LogP contribution in [-0.4, -0.2) is 44.4 Å². The van der Waals surface area contributed by atoms with E-state index >= 15 is 0 Å². The largest absolute Gasteiger partial charge is 0.364 e. The third-order valence-electron chi connectivity index (χ3n) is 3.66. The average Bonchev–Trinajstić information content (AvgIpc) is 3.04. The SMILES string of the molecule is NCCC(C=O)Nc1cnc(C(N)=O)c(Nc2cnn3ccccc23)n1. The zero-order valence-electron chi connectivity index (χ0n) is 13.8. The Morgan fingerprint density at radius 1 is 1.35 bits per heavy atom. The molecule has 10 nitrogen and oxygen atoms in total. The second-order valence-corrected chi connectivity index (χ2v) is 5.49. The summed E-state index contributed by atoms with van der Waals surface area (Å²) in [6.45, 7) is 0.344. The summed E-state index contributed by atoms with van der Waals surface area (Å²) in [5.74, 6) is -0.241. The monoisotopic (exact) mass is 354 g/mol. The van der Waals surface area contributed by atoms with Gasteiger partial charge in [-0.05, 0) is 25.1 Å². The maximum atomic E-state index is 11.7. The number of fused-ring (bicyclic) bond motifs is 1. The third kappa shape index (κ3) is 3.59. The molecule has 6 N–H and O–H groups in total. The summed E-state index contributed by atoms with van der Waals surface area (Å²) in [5.41, 5.74) is 12.3. The van der Waals surface area contributed by atoms with Crippen LogP contribution in [0, 0.1) is 0 Å². The molecule has 0 aromatic carbocycles. The highest BCUT2D eigenvalue weighted by atomic mass is 16.1. The molecule has 0 bridgehead atoms. The van der Waals surface area contributed by atoms with Crippen molar-refractivity contribution in [2.75, 3.05) is 17.2 Å². The molecule has 0 saturated heterocycles. The van der Waals surface area contributed by atoms with Crippen molar-refractivity contribution in [3.63, 3.8) is 0 Å². The van der Waals surface area contributed by atoms with Gasteiger partial charge in [0.05, 0.1) is 29.6 Å². The normalized spacial score (nSPS) is 11.9. The van der Waals surface area contributed by atoms with Gasteiger partial charge in [-0.2, -0.15) is 5.10 Å². The second kappa shape index (κ2) is 7.57. The first-order valence-corrected chi connectivity index (χ1v) is 7.90. The number of carbonyl (C=O) groups excluding carboxylic acids is 2. The van der Waals surface area contributed by atoms with Crippen LogP contribution in [0.15, 0.2) is 36.8 Å². The van der Waals surface area contributed by atoms with E-state index in [0.29, 0.717) is 24.5 Å². The number of primary amides is 1. The third-order valence-corrected chi connectivity index (χ3v) is 3.66. The minimum absolute atomic E-state index is 0.0210. The van der Waals surface area contributed by atoms with Crippen molar-refractivity contribution in [3.05, 3.63) is 42.5 Å². The van der Waals surface area contributed by atoms with Gasteiger partial charge in [0.1, 0.15) is 12.1 Å². The Morgan fingerprint density at radius 2 is 2.19 bits per heavy atom. The van der Waals surface area contributed by atoms with Crippen LogP contribution in [0.5, 0.6) is 0 Å². The molecule has 10 heteroatoms. The molecule has 0 aliphatic rings. The van der Waals surface area contributed by atoms with E-state index in [-0.39, 0.29) is 11.5 Å². The number of hydrogen-bond donors (Lipinski definition) is 4. The minimum atomic E-state index is -0.725. The molecule has 0 radical (unpaired) electrons. The molecule has 134 valence electrons. The molecule has 0 aliphatic carbocycles. The quantitative estimate of drug-likeness (QED) is 0.421. The van der Waals surface area contributed by atoms with E-state index in [1.54, 1.807) is 16.9 Å². The van der Waals surface area contributed by atoms with E-state index in [2.05, 4.69) is 25.7 Å². The van der Waals surface area contributed by atoms with Crippen LogP contribution in [-0.2, 0) is 4.79 Å². The average molecular weight is 354 g/mol. The van der Waals surface area contributed by atoms with Gasteiger partial charge in [0, 0.05) is 6.20 Å².